The highest BCUT2D eigenvalue weighted by atomic mass is 16.6. The van der Waals surface area contributed by atoms with Gasteiger partial charge in [0.1, 0.15) is 11.5 Å². The monoisotopic (exact) mass is 287 g/mol. The average molecular weight is 287 g/mol. The van der Waals surface area contributed by atoms with E-state index in [4.69, 9.17) is 15.7 Å². The second kappa shape index (κ2) is 5.91. The molecule has 0 fully saturated rings. The van der Waals surface area contributed by atoms with E-state index in [0.29, 0.717) is 17.1 Å². The highest BCUT2D eigenvalue weighted by Gasteiger charge is 2.09. The number of nitro benzene ring substituents is 1. The van der Waals surface area contributed by atoms with E-state index >= 15 is 0 Å². The van der Waals surface area contributed by atoms with Crippen molar-refractivity contribution < 1.29 is 14.9 Å². The molecule has 2 aromatic carbocycles. The quantitative estimate of drug-likeness (QED) is 0.295. The minimum atomic E-state index is -0.486. The molecular formula is C14H13N3O4. The van der Waals surface area contributed by atoms with Gasteiger partial charge in [-0.25, -0.2) is 0 Å². The van der Waals surface area contributed by atoms with E-state index in [2.05, 4.69) is 5.16 Å². The van der Waals surface area contributed by atoms with Gasteiger partial charge in [-0.15, -0.1) is 0 Å². The molecule has 0 saturated heterocycles. The maximum absolute atomic E-state index is 10.7. The predicted octanol–water partition coefficient (Wildman–Crippen LogP) is 2.79. The zero-order chi connectivity index (χ0) is 15.4. The van der Waals surface area contributed by atoms with Gasteiger partial charge in [0.15, 0.2) is 5.84 Å². The van der Waals surface area contributed by atoms with E-state index in [1.807, 2.05) is 0 Å². The summed E-state index contributed by atoms with van der Waals surface area (Å²) in [6.45, 7) is 1.79. The second-order valence-electron chi connectivity index (χ2n) is 4.32. The Balaban J connectivity index is 2.26. The largest absolute Gasteiger partial charge is 0.457 e. The molecule has 0 aliphatic rings. The molecule has 7 heteroatoms. The first kappa shape index (κ1) is 14.3. The molecule has 108 valence electrons. The van der Waals surface area contributed by atoms with Crippen molar-refractivity contribution in [2.45, 2.75) is 6.92 Å². The highest BCUT2D eigenvalue weighted by Crippen LogP contribution is 2.26. The molecule has 0 atom stereocenters. The minimum Gasteiger partial charge on any atom is -0.457 e. The number of oxime groups is 1. The standard InChI is InChI=1S/C14H13N3O4/c1-9-7-12(5-6-13(9)14(15)16-18)21-11-4-2-3-10(8-11)17(19)20/h2-8,18H,1H3,(H2,15,16). The lowest BCUT2D eigenvalue weighted by molar-refractivity contribution is -0.384. The van der Waals surface area contributed by atoms with Gasteiger partial charge in [-0.05, 0) is 36.8 Å². The predicted molar refractivity (Wildman–Crippen MR) is 76.9 cm³/mol. The van der Waals surface area contributed by atoms with Crippen molar-refractivity contribution in [3.05, 3.63) is 63.7 Å². The first-order valence-corrected chi connectivity index (χ1v) is 6.02. The maximum atomic E-state index is 10.7. The Hall–Kier alpha value is -3.09. The summed E-state index contributed by atoms with van der Waals surface area (Å²) >= 11 is 0. The number of benzene rings is 2. The van der Waals surface area contributed by atoms with Crippen molar-refractivity contribution in [1.29, 1.82) is 0 Å². The van der Waals surface area contributed by atoms with E-state index in [0.717, 1.165) is 5.56 Å². The van der Waals surface area contributed by atoms with Crippen molar-refractivity contribution in [2.75, 3.05) is 0 Å². The molecule has 7 nitrogen and oxygen atoms in total. The molecule has 0 aliphatic carbocycles. The summed E-state index contributed by atoms with van der Waals surface area (Å²) < 4.78 is 5.57. The van der Waals surface area contributed by atoms with Gasteiger partial charge in [-0.1, -0.05) is 11.2 Å². The van der Waals surface area contributed by atoms with E-state index < -0.39 is 4.92 Å². The van der Waals surface area contributed by atoms with E-state index in [1.54, 1.807) is 37.3 Å². The van der Waals surface area contributed by atoms with Gasteiger partial charge in [-0.3, -0.25) is 10.1 Å². The van der Waals surface area contributed by atoms with E-state index in [-0.39, 0.29) is 11.5 Å². The lowest BCUT2D eigenvalue weighted by atomic mass is 10.1. The summed E-state index contributed by atoms with van der Waals surface area (Å²) in [6, 6.07) is 10.9. The zero-order valence-corrected chi connectivity index (χ0v) is 11.2. The second-order valence-corrected chi connectivity index (χ2v) is 4.32. The van der Waals surface area contributed by atoms with Crippen LogP contribution in [0, 0.1) is 17.0 Å². The van der Waals surface area contributed by atoms with Crippen LogP contribution in [-0.4, -0.2) is 16.0 Å². The third-order valence-corrected chi connectivity index (χ3v) is 2.85. The van der Waals surface area contributed by atoms with Gasteiger partial charge in [0.25, 0.3) is 5.69 Å². The molecule has 2 aromatic rings. The molecule has 0 aliphatic heterocycles. The molecule has 0 radical (unpaired) electrons. The summed E-state index contributed by atoms with van der Waals surface area (Å²) in [5, 5.41) is 22.3. The van der Waals surface area contributed by atoms with Gasteiger partial charge in [0.05, 0.1) is 11.0 Å². The molecule has 0 aromatic heterocycles. The summed E-state index contributed by atoms with van der Waals surface area (Å²) in [6.07, 6.45) is 0. The summed E-state index contributed by atoms with van der Waals surface area (Å²) in [4.78, 5) is 10.2. The normalized spacial score (nSPS) is 11.2. The number of non-ortho nitro benzene ring substituents is 1. The van der Waals surface area contributed by atoms with Crippen molar-refractivity contribution in [1.82, 2.24) is 0 Å². The van der Waals surface area contributed by atoms with Crippen LogP contribution < -0.4 is 10.5 Å². The van der Waals surface area contributed by atoms with Crippen LogP contribution in [0.3, 0.4) is 0 Å². The van der Waals surface area contributed by atoms with Crippen LogP contribution in [0.1, 0.15) is 11.1 Å². The number of nitrogens with two attached hydrogens (primary N) is 1. The Labute approximate surface area is 120 Å². The van der Waals surface area contributed by atoms with E-state index in [1.165, 1.54) is 12.1 Å². The van der Waals surface area contributed by atoms with Crippen LogP contribution in [0.4, 0.5) is 5.69 Å². The molecule has 0 unspecified atom stereocenters. The lowest BCUT2D eigenvalue weighted by Crippen LogP contribution is -2.14. The highest BCUT2D eigenvalue weighted by molar-refractivity contribution is 5.98. The Bertz CT molecular complexity index is 713. The Kier molecular flexibility index (Phi) is 4.03. The molecule has 2 rings (SSSR count). The van der Waals surface area contributed by atoms with Gasteiger partial charge < -0.3 is 15.7 Å². The first-order chi connectivity index (χ1) is 10.0. The van der Waals surface area contributed by atoms with Gasteiger partial charge in [0.2, 0.25) is 0 Å². The van der Waals surface area contributed by atoms with E-state index in [9.17, 15) is 10.1 Å². The van der Waals surface area contributed by atoms with Crippen LogP contribution in [-0.2, 0) is 0 Å². The maximum Gasteiger partial charge on any atom is 0.273 e. The summed E-state index contributed by atoms with van der Waals surface area (Å²) in [5.74, 6) is 0.872. The van der Waals surface area contributed by atoms with Gasteiger partial charge >= 0.3 is 0 Å². The molecule has 0 amide bonds. The molecular weight excluding hydrogens is 274 g/mol. The van der Waals surface area contributed by atoms with Crippen molar-refractivity contribution >= 4 is 11.5 Å². The third-order valence-electron chi connectivity index (χ3n) is 2.85. The molecule has 0 heterocycles. The zero-order valence-electron chi connectivity index (χ0n) is 11.2. The molecule has 3 N–H and O–H groups in total. The number of hydrogen-bond acceptors (Lipinski definition) is 5. The third kappa shape index (κ3) is 3.27. The van der Waals surface area contributed by atoms with Crippen LogP contribution in [0.2, 0.25) is 0 Å². The van der Waals surface area contributed by atoms with Gasteiger partial charge in [0, 0.05) is 11.6 Å². The number of hydrogen-bond donors (Lipinski definition) is 2. The molecule has 0 saturated carbocycles. The SMILES string of the molecule is Cc1cc(Oc2cccc([N+](=O)[O-])c2)ccc1/C(N)=N/O. The van der Waals surface area contributed by atoms with Crippen molar-refractivity contribution in [3.63, 3.8) is 0 Å². The van der Waals surface area contributed by atoms with Crippen molar-refractivity contribution in [3.8, 4) is 11.5 Å². The lowest BCUT2D eigenvalue weighted by Gasteiger charge is -2.09. The fourth-order valence-electron chi connectivity index (χ4n) is 1.84. The first-order valence-electron chi connectivity index (χ1n) is 6.02. The number of nitrogens with zero attached hydrogens (tertiary/aromatic N) is 2. The Morgan fingerprint density at radius 1 is 1.29 bits per heavy atom. The molecule has 0 spiro atoms. The van der Waals surface area contributed by atoms with Crippen molar-refractivity contribution in [2.24, 2.45) is 10.9 Å². The number of amidine groups is 1. The molecule has 0 bridgehead atoms. The fraction of sp³-hybridized carbons (Fsp3) is 0.0714. The Morgan fingerprint density at radius 3 is 2.62 bits per heavy atom. The number of nitro groups is 1. The topological polar surface area (TPSA) is 111 Å². The number of aryl methyl sites for hydroxylation is 1. The average Bonchev–Trinajstić information content (AvgIpc) is 2.47. The van der Waals surface area contributed by atoms with Gasteiger partial charge in [-0.2, -0.15) is 0 Å². The van der Waals surface area contributed by atoms with Crippen LogP contribution in [0.5, 0.6) is 11.5 Å². The summed E-state index contributed by atoms with van der Waals surface area (Å²) in [7, 11) is 0. The number of rotatable bonds is 4. The Morgan fingerprint density at radius 2 is 2.00 bits per heavy atom. The van der Waals surface area contributed by atoms with Crippen LogP contribution in [0.15, 0.2) is 47.6 Å². The smallest absolute Gasteiger partial charge is 0.273 e. The molecule has 21 heavy (non-hydrogen) atoms. The number of ether oxygens (including phenoxy) is 1. The summed E-state index contributed by atoms with van der Waals surface area (Å²) in [5.41, 5.74) is 6.84. The van der Waals surface area contributed by atoms with Crippen LogP contribution in [0.25, 0.3) is 0 Å². The fourth-order valence-corrected chi connectivity index (χ4v) is 1.84. The minimum absolute atomic E-state index is 0.00870. The van der Waals surface area contributed by atoms with Crippen LogP contribution >= 0.6 is 0 Å².